The van der Waals surface area contributed by atoms with Crippen LogP contribution in [0.3, 0.4) is 0 Å². The zero-order chi connectivity index (χ0) is 13.4. The Morgan fingerprint density at radius 2 is 2.11 bits per heavy atom. The van der Waals surface area contributed by atoms with E-state index in [0.29, 0.717) is 6.54 Å². The van der Waals surface area contributed by atoms with Gasteiger partial charge in [-0.2, -0.15) is 0 Å². The van der Waals surface area contributed by atoms with Gasteiger partial charge in [0.2, 0.25) is 0 Å². The van der Waals surface area contributed by atoms with Crippen molar-refractivity contribution in [2.24, 2.45) is 0 Å². The first kappa shape index (κ1) is 12.7. The molecule has 3 rings (SSSR count). The van der Waals surface area contributed by atoms with Crippen molar-refractivity contribution >= 4 is 28.3 Å². The number of hydrogen-bond donors (Lipinski definition) is 1. The second-order valence-electron chi connectivity index (χ2n) is 5.16. The van der Waals surface area contributed by atoms with E-state index in [1.54, 1.807) is 0 Å². The van der Waals surface area contributed by atoms with Gasteiger partial charge in [0.25, 0.3) is 0 Å². The number of aliphatic hydroxyl groups excluding tert-OH is 1. The third-order valence-corrected chi connectivity index (χ3v) is 4.16. The van der Waals surface area contributed by atoms with Crippen molar-refractivity contribution < 1.29 is 5.11 Å². The van der Waals surface area contributed by atoms with Gasteiger partial charge in [-0.05, 0) is 43.5 Å². The fourth-order valence-electron chi connectivity index (χ4n) is 2.63. The molecule has 0 spiro atoms. The van der Waals surface area contributed by atoms with Crippen LogP contribution in [-0.4, -0.2) is 29.3 Å². The first-order valence-electron chi connectivity index (χ1n) is 6.64. The molecule has 0 radical (unpaired) electrons. The summed E-state index contributed by atoms with van der Waals surface area (Å²) < 4.78 is 0. The van der Waals surface area contributed by atoms with Crippen molar-refractivity contribution in [1.29, 1.82) is 0 Å². The predicted molar refractivity (Wildman–Crippen MR) is 78.9 cm³/mol. The van der Waals surface area contributed by atoms with Crippen LogP contribution in [0.4, 0.5) is 5.82 Å². The molecular weight excluding hydrogens is 260 g/mol. The number of halogens is 1. The third kappa shape index (κ3) is 2.40. The number of benzene rings is 1. The van der Waals surface area contributed by atoms with Crippen LogP contribution >= 0.6 is 11.6 Å². The smallest absolute Gasteiger partial charge is 0.129 e. The van der Waals surface area contributed by atoms with Crippen molar-refractivity contribution in [3.05, 3.63) is 34.9 Å². The normalized spacial score (nSPS) is 19.9. The molecule has 4 heteroatoms. The van der Waals surface area contributed by atoms with Gasteiger partial charge < -0.3 is 10.0 Å². The van der Waals surface area contributed by atoms with Crippen LogP contribution in [0.5, 0.6) is 0 Å². The highest BCUT2D eigenvalue weighted by molar-refractivity contribution is 6.32. The molecule has 100 valence electrons. The van der Waals surface area contributed by atoms with Gasteiger partial charge in [-0.15, -0.1) is 0 Å². The number of aryl methyl sites for hydroxylation is 1. The Labute approximate surface area is 117 Å². The first-order chi connectivity index (χ1) is 9.15. The van der Waals surface area contributed by atoms with E-state index in [2.05, 4.69) is 11.0 Å². The summed E-state index contributed by atoms with van der Waals surface area (Å²) >= 11 is 6.16. The summed E-state index contributed by atoms with van der Waals surface area (Å²) in [5.74, 6) is 0.927. The molecule has 1 unspecified atom stereocenters. The highest BCUT2D eigenvalue weighted by atomic mass is 35.5. The topological polar surface area (TPSA) is 36.4 Å². The Kier molecular flexibility index (Phi) is 3.33. The van der Waals surface area contributed by atoms with Crippen molar-refractivity contribution in [3.63, 3.8) is 0 Å². The summed E-state index contributed by atoms with van der Waals surface area (Å²) in [6.45, 7) is 3.61. The Morgan fingerprint density at radius 1 is 1.32 bits per heavy atom. The van der Waals surface area contributed by atoms with E-state index in [0.717, 1.165) is 46.7 Å². The van der Waals surface area contributed by atoms with Crippen LogP contribution < -0.4 is 4.90 Å². The molecule has 1 aromatic heterocycles. The largest absolute Gasteiger partial charge is 0.391 e. The van der Waals surface area contributed by atoms with E-state index in [1.807, 2.05) is 25.1 Å². The zero-order valence-electron chi connectivity index (χ0n) is 10.9. The third-order valence-electron chi connectivity index (χ3n) is 3.75. The maximum absolute atomic E-state index is 9.76. The Balaban J connectivity index is 2.03. The van der Waals surface area contributed by atoms with E-state index in [4.69, 9.17) is 16.6 Å². The molecule has 0 saturated carbocycles. The number of β-amino-alcohol motifs (C(OH)–C–C–N with tert-alkyl or cyclic N) is 1. The van der Waals surface area contributed by atoms with E-state index in [9.17, 15) is 5.11 Å². The molecule has 19 heavy (non-hydrogen) atoms. The fourth-order valence-corrected chi connectivity index (χ4v) is 2.79. The van der Waals surface area contributed by atoms with E-state index >= 15 is 0 Å². The van der Waals surface area contributed by atoms with Crippen LogP contribution in [-0.2, 0) is 0 Å². The highest BCUT2D eigenvalue weighted by Gasteiger charge is 2.19. The number of rotatable bonds is 1. The van der Waals surface area contributed by atoms with Crippen molar-refractivity contribution in [1.82, 2.24) is 4.98 Å². The molecule has 1 N–H and O–H groups in total. The molecule has 1 aliphatic heterocycles. The molecule has 0 amide bonds. The summed E-state index contributed by atoms with van der Waals surface area (Å²) in [5.41, 5.74) is 1.96. The maximum Gasteiger partial charge on any atom is 0.129 e. The van der Waals surface area contributed by atoms with E-state index in [1.165, 1.54) is 0 Å². The summed E-state index contributed by atoms with van der Waals surface area (Å²) in [4.78, 5) is 6.87. The Morgan fingerprint density at radius 3 is 2.89 bits per heavy atom. The molecule has 1 fully saturated rings. The van der Waals surface area contributed by atoms with Crippen LogP contribution in [0.2, 0.25) is 5.02 Å². The van der Waals surface area contributed by atoms with Crippen LogP contribution in [0.25, 0.3) is 10.9 Å². The molecule has 1 aromatic carbocycles. The number of aliphatic hydroxyl groups is 1. The number of hydrogen-bond acceptors (Lipinski definition) is 3. The van der Waals surface area contributed by atoms with Gasteiger partial charge in [0.05, 0.1) is 11.6 Å². The Bertz CT molecular complexity index is 614. The fraction of sp³-hybridized carbons (Fsp3) is 0.400. The number of pyridine rings is 1. The van der Waals surface area contributed by atoms with Crippen LogP contribution in [0.15, 0.2) is 24.3 Å². The van der Waals surface area contributed by atoms with Crippen molar-refractivity contribution in [2.75, 3.05) is 18.0 Å². The van der Waals surface area contributed by atoms with Gasteiger partial charge >= 0.3 is 0 Å². The molecule has 1 saturated heterocycles. The van der Waals surface area contributed by atoms with Crippen LogP contribution in [0, 0.1) is 6.92 Å². The van der Waals surface area contributed by atoms with Gasteiger partial charge in [0.15, 0.2) is 0 Å². The SMILES string of the molecule is Cc1c(Cl)ccc2ccc(N3CCCC(O)C3)nc12. The van der Waals surface area contributed by atoms with Gasteiger partial charge in [0.1, 0.15) is 5.82 Å². The lowest BCUT2D eigenvalue weighted by Gasteiger charge is -2.31. The quantitative estimate of drug-likeness (QED) is 0.869. The minimum absolute atomic E-state index is 0.244. The number of nitrogens with zero attached hydrogens (tertiary/aromatic N) is 2. The number of fused-ring (bicyclic) bond motifs is 1. The van der Waals surface area contributed by atoms with Crippen molar-refractivity contribution in [3.8, 4) is 0 Å². The predicted octanol–water partition coefficient (Wildman–Crippen LogP) is 3.16. The zero-order valence-corrected chi connectivity index (χ0v) is 11.7. The molecule has 0 bridgehead atoms. The minimum Gasteiger partial charge on any atom is -0.391 e. The monoisotopic (exact) mass is 276 g/mol. The van der Waals surface area contributed by atoms with Gasteiger partial charge in [0, 0.05) is 23.5 Å². The lowest BCUT2D eigenvalue weighted by Crippen LogP contribution is -2.38. The summed E-state index contributed by atoms with van der Waals surface area (Å²) in [5, 5.41) is 11.6. The Hall–Kier alpha value is -1.32. The average Bonchev–Trinajstić information content (AvgIpc) is 2.43. The average molecular weight is 277 g/mol. The lowest BCUT2D eigenvalue weighted by molar-refractivity contribution is 0.154. The summed E-state index contributed by atoms with van der Waals surface area (Å²) in [6.07, 6.45) is 1.65. The number of anilines is 1. The van der Waals surface area contributed by atoms with E-state index < -0.39 is 0 Å². The van der Waals surface area contributed by atoms with Gasteiger partial charge in [-0.25, -0.2) is 4.98 Å². The van der Waals surface area contributed by atoms with Gasteiger partial charge in [-0.3, -0.25) is 0 Å². The minimum atomic E-state index is -0.244. The van der Waals surface area contributed by atoms with Gasteiger partial charge in [-0.1, -0.05) is 17.7 Å². The molecular formula is C15H17ClN2O. The standard InChI is InChI=1S/C15H17ClN2O/c1-10-13(16)6-4-11-5-7-14(17-15(10)11)18-8-2-3-12(19)9-18/h4-7,12,19H,2-3,8-9H2,1H3. The molecule has 3 nitrogen and oxygen atoms in total. The molecule has 1 atom stereocenters. The molecule has 1 aliphatic rings. The highest BCUT2D eigenvalue weighted by Crippen LogP contribution is 2.27. The summed E-state index contributed by atoms with van der Waals surface area (Å²) in [6, 6.07) is 7.99. The first-order valence-corrected chi connectivity index (χ1v) is 7.02. The second-order valence-corrected chi connectivity index (χ2v) is 5.56. The number of aromatic nitrogens is 1. The number of piperidine rings is 1. The van der Waals surface area contributed by atoms with Crippen LogP contribution in [0.1, 0.15) is 18.4 Å². The lowest BCUT2D eigenvalue weighted by atomic mass is 10.1. The maximum atomic E-state index is 9.76. The van der Waals surface area contributed by atoms with Crippen molar-refractivity contribution in [2.45, 2.75) is 25.9 Å². The second kappa shape index (κ2) is 4.99. The molecule has 0 aliphatic carbocycles. The summed E-state index contributed by atoms with van der Waals surface area (Å²) in [7, 11) is 0. The van der Waals surface area contributed by atoms with E-state index in [-0.39, 0.29) is 6.10 Å². The molecule has 2 heterocycles. The molecule has 2 aromatic rings.